The molecule has 0 saturated carbocycles. The van der Waals surface area contributed by atoms with Crippen LogP contribution in [0, 0.1) is 11.8 Å². The van der Waals surface area contributed by atoms with Crippen LogP contribution in [0.2, 0.25) is 0 Å². The SMILES string of the molecule is CC1OC(C)C(C(=O)N2CC(O)CC2CN(C)C)C1C. The first kappa shape index (κ1) is 15.7. The van der Waals surface area contributed by atoms with Gasteiger partial charge in [-0.1, -0.05) is 6.92 Å². The van der Waals surface area contributed by atoms with Gasteiger partial charge < -0.3 is 19.6 Å². The quantitative estimate of drug-likeness (QED) is 0.823. The number of hydrogen-bond acceptors (Lipinski definition) is 4. The second-order valence-corrected chi connectivity index (χ2v) is 6.73. The molecule has 20 heavy (non-hydrogen) atoms. The van der Waals surface area contributed by atoms with E-state index in [-0.39, 0.29) is 36.0 Å². The van der Waals surface area contributed by atoms with Gasteiger partial charge >= 0.3 is 0 Å². The van der Waals surface area contributed by atoms with Crippen LogP contribution < -0.4 is 0 Å². The summed E-state index contributed by atoms with van der Waals surface area (Å²) in [7, 11) is 4.00. The molecular formula is C15H28N2O3. The average molecular weight is 284 g/mol. The molecule has 0 aromatic carbocycles. The zero-order valence-electron chi connectivity index (χ0n) is 13.2. The van der Waals surface area contributed by atoms with Crippen molar-refractivity contribution in [2.45, 2.75) is 51.5 Å². The number of likely N-dealkylation sites (tertiary alicyclic amines) is 1. The molecule has 0 radical (unpaired) electrons. The zero-order chi connectivity index (χ0) is 15.0. The predicted molar refractivity (Wildman–Crippen MR) is 77.3 cm³/mol. The maximum Gasteiger partial charge on any atom is 0.229 e. The monoisotopic (exact) mass is 284 g/mol. The number of ether oxygens (including phenoxy) is 1. The summed E-state index contributed by atoms with van der Waals surface area (Å²) in [5.74, 6) is 0.299. The molecule has 6 atom stereocenters. The number of carbonyl (C=O) groups is 1. The number of hydrogen-bond donors (Lipinski definition) is 1. The molecule has 2 heterocycles. The number of amides is 1. The van der Waals surface area contributed by atoms with Gasteiger partial charge in [0.05, 0.1) is 24.2 Å². The molecule has 0 aliphatic carbocycles. The van der Waals surface area contributed by atoms with Crippen molar-refractivity contribution in [1.29, 1.82) is 0 Å². The predicted octanol–water partition coefficient (Wildman–Crippen LogP) is 0.569. The lowest BCUT2D eigenvalue weighted by Crippen LogP contribution is -2.46. The van der Waals surface area contributed by atoms with Gasteiger partial charge in [0.15, 0.2) is 0 Å². The van der Waals surface area contributed by atoms with Crippen LogP contribution in [0.1, 0.15) is 27.2 Å². The van der Waals surface area contributed by atoms with Crippen LogP contribution in [0.25, 0.3) is 0 Å². The lowest BCUT2D eigenvalue weighted by atomic mass is 9.88. The maximum atomic E-state index is 12.9. The summed E-state index contributed by atoms with van der Waals surface area (Å²) in [6, 6.07) is 0.114. The standard InChI is InChI=1S/C15H28N2O3/c1-9-10(2)20-11(3)14(9)15(19)17-8-13(18)6-12(17)7-16(4)5/h9-14,18H,6-8H2,1-5H3. The lowest BCUT2D eigenvalue weighted by molar-refractivity contribution is -0.139. The number of aliphatic hydroxyl groups excluding tert-OH is 1. The second-order valence-electron chi connectivity index (χ2n) is 6.73. The van der Waals surface area contributed by atoms with Crippen LogP contribution in [-0.2, 0) is 9.53 Å². The van der Waals surface area contributed by atoms with Crippen LogP contribution in [0.3, 0.4) is 0 Å². The van der Waals surface area contributed by atoms with E-state index in [2.05, 4.69) is 11.8 Å². The molecule has 2 aliphatic heterocycles. The molecule has 1 N–H and O–H groups in total. The second kappa shape index (κ2) is 6.00. The Morgan fingerprint density at radius 1 is 1.30 bits per heavy atom. The van der Waals surface area contributed by atoms with E-state index in [0.717, 1.165) is 6.54 Å². The molecule has 5 heteroatoms. The summed E-state index contributed by atoms with van der Waals surface area (Å²) in [6.07, 6.45) is 0.369. The van der Waals surface area contributed by atoms with E-state index in [1.165, 1.54) is 0 Å². The Hall–Kier alpha value is -0.650. The molecule has 0 spiro atoms. The van der Waals surface area contributed by atoms with E-state index in [1.54, 1.807) is 0 Å². The van der Waals surface area contributed by atoms with Crippen molar-refractivity contribution >= 4 is 5.91 Å². The van der Waals surface area contributed by atoms with Gasteiger partial charge in [0.25, 0.3) is 0 Å². The molecule has 2 fully saturated rings. The fourth-order valence-electron chi connectivity index (χ4n) is 3.64. The summed E-state index contributed by atoms with van der Waals surface area (Å²) in [5, 5.41) is 9.91. The number of likely N-dealkylation sites (N-methyl/N-ethyl adjacent to an activating group) is 1. The average Bonchev–Trinajstić information content (AvgIpc) is 2.79. The van der Waals surface area contributed by atoms with Crippen LogP contribution in [-0.4, -0.2) is 72.4 Å². The topological polar surface area (TPSA) is 53.0 Å². The largest absolute Gasteiger partial charge is 0.391 e. The summed E-state index contributed by atoms with van der Waals surface area (Å²) >= 11 is 0. The van der Waals surface area contributed by atoms with Crippen molar-refractivity contribution < 1.29 is 14.6 Å². The number of β-amino-alcohol motifs (C(OH)–C–C–N with tert-alkyl or cyclic N) is 1. The molecule has 0 aromatic heterocycles. The lowest BCUT2D eigenvalue weighted by Gasteiger charge is -2.31. The van der Waals surface area contributed by atoms with E-state index >= 15 is 0 Å². The van der Waals surface area contributed by atoms with E-state index in [0.29, 0.717) is 13.0 Å². The summed E-state index contributed by atoms with van der Waals surface area (Å²) < 4.78 is 5.79. The van der Waals surface area contributed by atoms with Gasteiger partial charge in [-0.2, -0.15) is 0 Å². The van der Waals surface area contributed by atoms with Crippen LogP contribution in [0.5, 0.6) is 0 Å². The van der Waals surface area contributed by atoms with E-state index in [1.807, 2.05) is 32.8 Å². The zero-order valence-corrected chi connectivity index (χ0v) is 13.2. The molecular weight excluding hydrogens is 256 g/mol. The third-order valence-corrected chi connectivity index (χ3v) is 4.78. The minimum Gasteiger partial charge on any atom is -0.391 e. The molecule has 0 bridgehead atoms. The van der Waals surface area contributed by atoms with Crippen molar-refractivity contribution in [2.24, 2.45) is 11.8 Å². The molecule has 5 nitrogen and oxygen atoms in total. The highest BCUT2D eigenvalue weighted by molar-refractivity contribution is 5.80. The fraction of sp³-hybridized carbons (Fsp3) is 0.933. The van der Waals surface area contributed by atoms with Crippen molar-refractivity contribution in [1.82, 2.24) is 9.80 Å². The number of rotatable bonds is 3. The first-order chi connectivity index (χ1) is 9.31. The Morgan fingerprint density at radius 2 is 1.95 bits per heavy atom. The minimum absolute atomic E-state index is 0.0368. The first-order valence-corrected chi connectivity index (χ1v) is 7.60. The van der Waals surface area contributed by atoms with Gasteiger partial charge in [-0.3, -0.25) is 4.79 Å². The number of nitrogens with zero attached hydrogens (tertiary/aromatic N) is 2. The van der Waals surface area contributed by atoms with Crippen LogP contribution in [0.15, 0.2) is 0 Å². The molecule has 6 unspecified atom stereocenters. The highest BCUT2D eigenvalue weighted by atomic mass is 16.5. The third kappa shape index (κ3) is 3.00. The number of aliphatic hydroxyl groups is 1. The summed E-state index contributed by atoms with van der Waals surface area (Å²) in [6.45, 7) is 7.36. The minimum atomic E-state index is -0.394. The Morgan fingerprint density at radius 3 is 2.45 bits per heavy atom. The van der Waals surface area contributed by atoms with E-state index < -0.39 is 6.10 Å². The summed E-state index contributed by atoms with van der Waals surface area (Å²) in [5.41, 5.74) is 0. The van der Waals surface area contributed by atoms with Crippen molar-refractivity contribution in [2.75, 3.05) is 27.2 Å². The molecule has 1 amide bonds. The van der Waals surface area contributed by atoms with Crippen molar-refractivity contribution in [3.8, 4) is 0 Å². The fourth-order valence-corrected chi connectivity index (χ4v) is 3.64. The Kier molecular flexibility index (Phi) is 4.72. The van der Waals surface area contributed by atoms with Gasteiger partial charge in [0, 0.05) is 19.1 Å². The van der Waals surface area contributed by atoms with E-state index in [4.69, 9.17) is 4.74 Å². The molecule has 0 aromatic rings. The van der Waals surface area contributed by atoms with Crippen molar-refractivity contribution in [3.05, 3.63) is 0 Å². The van der Waals surface area contributed by atoms with Gasteiger partial charge in [0.1, 0.15) is 0 Å². The van der Waals surface area contributed by atoms with Gasteiger partial charge in [-0.25, -0.2) is 0 Å². The van der Waals surface area contributed by atoms with Crippen LogP contribution >= 0.6 is 0 Å². The van der Waals surface area contributed by atoms with Crippen molar-refractivity contribution in [3.63, 3.8) is 0 Å². The van der Waals surface area contributed by atoms with Gasteiger partial charge in [-0.15, -0.1) is 0 Å². The highest BCUT2D eigenvalue weighted by Gasteiger charge is 2.46. The highest BCUT2D eigenvalue weighted by Crippen LogP contribution is 2.35. The third-order valence-electron chi connectivity index (χ3n) is 4.78. The molecule has 2 aliphatic rings. The van der Waals surface area contributed by atoms with E-state index in [9.17, 15) is 9.90 Å². The maximum absolute atomic E-state index is 12.9. The number of carbonyl (C=O) groups excluding carboxylic acids is 1. The Balaban J connectivity index is 2.10. The molecule has 116 valence electrons. The Bertz CT molecular complexity index is 361. The summed E-state index contributed by atoms with van der Waals surface area (Å²) in [4.78, 5) is 16.8. The van der Waals surface area contributed by atoms with Gasteiger partial charge in [0.2, 0.25) is 5.91 Å². The van der Waals surface area contributed by atoms with Crippen LogP contribution in [0.4, 0.5) is 0 Å². The smallest absolute Gasteiger partial charge is 0.229 e. The first-order valence-electron chi connectivity index (χ1n) is 7.60. The normalized spacial score (nSPS) is 41.6. The molecule has 2 saturated heterocycles. The molecule has 2 rings (SSSR count). The Labute approximate surface area is 121 Å². The van der Waals surface area contributed by atoms with Gasteiger partial charge in [-0.05, 0) is 40.3 Å².